The van der Waals surface area contributed by atoms with Crippen molar-refractivity contribution in [3.63, 3.8) is 0 Å². The van der Waals surface area contributed by atoms with Gasteiger partial charge in [-0.2, -0.15) is 0 Å². The van der Waals surface area contributed by atoms with Gasteiger partial charge in [-0.05, 0) is 51.7 Å². The van der Waals surface area contributed by atoms with Crippen molar-refractivity contribution < 1.29 is 8.42 Å². The lowest BCUT2D eigenvalue weighted by molar-refractivity contribution is 0.257. The number of fused-ring (bicyclic) bond motifs is 1. The van der Waals surface area contributed by atoms with Crippen LogP contribution < -0.4 is 5.32 Å². The van der Waals surface area contributed by atoms with Crippen LogP contribution in [0.3, 0.4) is 0 Å². The third kappa shape index (κ3) is 3.12. The highest BCUT2D eigenvalue weighted by atomic mass is 32.2. The lowest BCUT2D eigenvalue weighted by atomic mass is 10.2. The third-order valence-corrected chi connectivity index (χ3v) is 6.68. The van der Waals surface area contributed by atoms with E-state index in [9.17, 15) is 8.42 Å². The van der Waals surface area contributed by atoms with Crippen molar-refractivity contribution in [1.29, 1.82) is 0 Å². The van der Waals surface area contributed by atoms with Gasteiger partial charge in [-0.25, -0.2) is 12.7 Å². The number of nitrogens with one attached hydrogen (secondary N) is 1. The van der Waals surface area contributed by atoms with Gasteiger partial charge in [-0.15, -0.1) is 0 Å². The van der Waals surface area contributed by atoms with E-state index in [1.807, 2.05) is 0 Å². The van der Waals surface area contributed by atoms with Gasteiger partial charge in [-0.3, -0.25) is 4.90 Å². The minimum atomic E-state index is -3.08. The van der Waals surface area contributed by atoms with Crippen LogP contribution in [0.1, 0.15) is 32.1 Å². The zero-order chi connectivity index (χ0) is 13.3. The van der Waals surface area contributed by atoms with E-state index in [2.05, 4.69) is 10.2 Å². The highest BCUT2D eigenvalue weighted by Gasteiger charge is 2.34. The standard InChI is InChI=1S/C13H25N3O2S/c17-19(18,11-12-4-1-6-14-12)16-9-3-8-15-7-2-5-13(15)10-16/h12-14H,1-11H2. The third-order valence-electron chi connectivity index (χ3n) is 4.73. The van der Waals surface area contributed by atoms with Crippen molar-refractivity contribution in [2.75, 3.05) is 38.5 Å². The number of hydrogen-bond acceptors (Lipinski definition) is 4. The normalized spacial score (nSPS) is 34.3. The molecule has 3 saturated heterocycles. The molecule has 0 spiro atoms. The fourth-order valence-electron chi connectivity index (χ4n) is 3.68. The van der Waals surface area contributed by atoms with Crippen LogP contribution in [0.5, 0.6) is 0 Å². The fraction of sp³-hybridized carbons (Fsp3) is 1.00. The van der Waals surface area contributed by atoms with E-state index in [0.717, 1.165) is 51.9 Å². The molecule has 3 fully saturated rings. The predicted molar refractivity (Wildman–Crippen MR) is 75.6 cm³/mol. The molecule has 3 aliphatic heterocycles. The maximum Gasteiger partial charge on any atom is 0.215 e. The van der Waals surface area contributed by atoms with E-state index in [0.29, 0.717) is 18.3 Å². The van der Waals surface area contributed by atoms with Crippen molar-refractivity contribution in [2.24, 2.45) is 0 Å². The average molecular weight is 287 g/mol. The van der Waals surface area contributed by atoms with Gasteiger partial charge < -0.3 is 5.32 Å². The molecule has 0 saturated carbocycles. The maximum absolute atomic E-state index is 12.6. The number of rotatable bonds is 3. The van der Waals surface area contributed by atoms with Crippen LogP contribution in [0.2, 0.25) is 0 Å². The van der Waals surface area contributed by atoms with E-state index in [1.165, 1.54) is 6.42 Å². The molecule has 1 N–H and O–H groups in total. The van der Waals surface area contributed by atoms with Gasteiger partial charge >= 0.3 is 0 Å². The molecule has 3 rings (SSSR count). The minimum Gasteiger partial charge on any atom is -0.313 e. The zero-order valence-corrected chi connectivity index (χ0v) is 12.4. The van der Waals surface area contributed by atoms with Gasteiger partial charge in [0.25, 0.3) is 0 Å². The second-order valence-electron chi connectivity index (χ2n) is 6.12. The quantitative estimate of drug-likeness (QED) is 0.808. The van der Waals surface area contributed by atoms with E-state index >= 15 is 0 Å². The molecular weight excluding hydrogens is 262 g/mol. The highest BCUT2D eigenvalue weighted by Crippen LogP contribution is 2.23. The van der Waals surface area contributed by atoms with Crippen LogP contribution in [0.25, 0.3) is 0 Å². The van der Waals surface area contributed by atoms with Crippen LogP contribution in [0.15, 0.2) is 0 Å². The monoisotopic (exact) mass is 287 g/mol. The van der Waals surface area contributed by atoms with Crippen LogP contribution >= 0.6 is 0 Å². The molecule has 0 aromatic rings. The summed E-state index contributed by atoms with van der Waals surface area (Å²) in [7, 11) is -3.08. The first-order valence-electron chi connectivity index (χ1n) is 7.60. The molecule has 0 aliphatic carbocycles. The molecule has 0 amide bonds. The molecule has 3 heterocycles. The summed E-state index contributed by atoms with van der Waals surface area (Å²) in [5.41, 5.74) is 0. The maximum atomic E-state index is 12.6. The SMILES string of the molecule is O=S(=O)(CC1CCCN1)N1CCCN2CCCC2C1. The fourth-order valence-corrected chi connectivity index (χ4v) is 5.49. The van der Waals surface area contributed by atoms with Crippen molar-refractivity contribution in [3.8, 4) is 0 Å². The van der Waals surface area contributed by atoms with E-state index in [1.54, 1.807) is 4.31 Å². The van der Waals surface area contributed by atoms with Gasteiger partial charge in [0.05, 0.1) is 5.75 Å². The molecule has 2 atom stereocenters. The lowest BCUT2D eigenvalue weighted by Crippen LogP contribution is -2.43. The van der Waals surface area contributed by atoms with E-state index in [4.69, 9.17) is 0 Å². The Morgan fingerprint density at radius 3 is 2.68 bits per heavy atom. The van der Waals surface area contributed by atoms with E-state index in [-0.39, 0.29) is 6.04 Å². The Balaban J connectivity index is 1.65. The first-order valence-corrected chi connectivity index (χ1v) is 9.21. The average Bonchev–Trinajstić information content (AvgIpc) is 2.97. The van der Waals surface area contributed by atoms with Gasteiger partial charge in [0.1, 0.15) is 0 Å². The van der Waals surface area contributed by atoms with Gasteiger partial charge in [-0.1, -0.05) is 0 Å². The van der Waals surface area contributed by atoms with Gasteiger partial charge in [0, 0.05) is 25.2 Å². The molecule has 19 heavy (non-hydrogen) atoms. The molecule has 5 nitrogen and oxygen atoms in total. The van der Waals surface area contributed by atoms with Crippen LogP contribution in [0, 0.1) is 0 Å². The Bertz CT molecular complexity index is 406. The summed E-state index contributed by atoms with van der Waals surface area (Å²) in [4.78, 5) is 2.48. The number of sulfonamides is 1. The molecule has 110 valence electrons. The van der Waals surface area contributed by atoms with Crippen molar-refractivity contribution >= 4 is 10.0 Å². The summed E-state index contributed by atoms with van der Waals surface area (Å²) in [5.74, 6) is 0.291. The molecule has 0 radical (unpaired) electrons. The van der Waals surface area contributed by atoms with E-state index < -0.39 is 10.0 Å². The largest absolute Gasteiger partial charge is 0.313 e. The van der Waals surface area contributed by atoms with Crippen LogP contribution in [0.4, 0.5) is 0 Å². The Hall–Kier alpha value is -0.170. The summed E-state index contributed by atoms with van der Waals surface area (Å²) in [6.45, 7) is 4.62. The summed E-state index contributed by atoms with van der Waals surface area (Å²) < 4.78 is 26.9. The van der Waals surface area contributed by atoms with Crippen molar-refractivity contribution in [1.82, 2.24) is 14.5 Å². The summed E-state index contributed by atoms with van der Waals surface area (Å²) in [6.07, 6.45) is 5.48. The topological polar surface area (TPSA) is 52.7 Å². The van der Waals surface area contributed by atoms with Crippen LogP contribution in [-0.2, 0) is 10.0 Å². The molecule has 0 aromatic carbocycles. The molecule has 6 heteroatoms. The van der Waals surface area contributed by atoms with Gasteiger partial charge in [0.15, 0.2) is 0 Å². The van der Waals surface area contributed by atoms with Gasteiger partial charge in [0.2, 0.25) is 10.0 Å². The summed E-state index contributed by atoms with van der Waals surface area (Å²) in [5, 5.41) is 3.30. The number of hydrogen-bond donors (Lipinski definition) is 1. The molecular formula is C13H25N3O2S. The second kappa shape index (κ2) is 5.68. The first kappa shape index (κ1) is 13.8. The van der Waals surface area contributed by atoms with Crippen LogP contribution in [-0.4, -0.2) is 68.2 Å². The summed E-state index contributed by atoms with van der Waals surface area (Å²) in [6, 6.07) is 0.641. The Morgan fingerprint density at radius 1 is 1.05 bits per heavy atom. The molecule has 0 aromatic heterocycles. The highest BCUT2D eigenvalue weighted by molar-refractivity contribution is 7.89. The smallest absolute Gasteiger partial charge is 0.215 e. The minimum absolute atomic E-state index is 0.174. The first-order chi connectivity index (χ1) is 9.15. The Kier molecular flexibility index (Phi) is 4.12. The molecule has 2 unspecified atom stereocenters. The number of nitrogens with zero attached hydrogens (tertiary/aromatic N) is 2. The lowest BCUT2D eigenvalue weighted by Gasteiger charge is -2.26. The van der Waals surface area contributed by atoms with Crippen molar-refractivity contribution in [3.05, 3.63) is 0 Å². The predicted octanol–water partition coefficient (Wildman–Crippen LogP) is 0.238. The molecule has 3 aliphatic rings. The summed E-state index contributed by atoms with van der Waals surface area (Å²) >= 11 is 0. The Morgan fingerprint density at radius 2 is 1.89 bits per heavy atom. The van der Waals surface area contributed by atoms with Crippen molar-refractivity contribution in [2.45, 2.75) is 44.2 Å². The molecule has 0 bridgehead atoms. The zero-order valence-electron chi connectivity index (χ0n) is 11.6. The Labute approximate surface area is 116 Å². The second-order valence-corrected chi connectivity index (χ2v) is 8.13.